The van der Waals surface area contributed by atoms with E-state index in [9.17, 15) is 18.0 Å². The topological polar surface area (TPSA) is 86.0 Å². The van der Waals surface area contributed by atoms with Crippen molar-refractivity contribution in [1.29, 1.82) is 0 Å². The van der Waals surface area contributed by atoms with Crippen LogP contribution < -0.4 is 15.4 Å². The molecule has 0 unspecified atom stereocenters. The monoisotopic (exact) mass is 448 g/mol. The van der Waals surface area contributed by atoms with E-state index in [1.807, 2.05) is 10.8 Å². The van der Waals surface area contributed by atoms with Crippen molar-refractivity contribution in [3.8, 4) is 5.75 Å². The van der Waals surface area contributed by atoms with E-state index in [0.717, 1.165) is 4.68 Å². The van der Waals surface area contributed by atoms with Gasteiger partial charge in [-0.25, -0.2) is 9.67 Å². The Morgan fingerprint density at radius 2 is 2.09 bits per heavy atom. The first-order valence-corrected chi connectivity index (χ1v) is 10.2. The number of benzene rings is 1. The summed E-state index contributed by atoms with van der Waals surface area (Å²) in [5.74, 6) is 0.199. The summed E-state index contributed by atoms with van der Waals surface area (Å²) in [6.07, 6.45) is 2.25. The number of fused-ring (bicyclic) bond motifs is 1. The van der Waals surface area contributed by atoms with Crippen LogP contribution in [0.3, 0.4) is 0 Å². The number of carbonyl (C=O) groups is 1. The number of anilines is 1. The van der Waals surface area contributed by atoms with Gasteiger partial charge in [-0.05, 0) is 24.1 Å². The molecule has 1 aliphatic rings. The summed E-state index contributed by atoms with van der Waals surface area (Å²) in [5, 5.41) is 9.73. The van der Waals surface area contributed by atoms with Gasteiger partial charge in [0.05, 0.1) is 25.7 Å². The number of hydrogen-bond acceptors (Lipinski definition) is 5. The number of nitrogens with one attached hydrogen (secondary N) is 2. The first-order valence-electron chi connectivity index (χ1n) is 10.2. The van der Waals surface area contributed by atoms with Crippen molar-refractivity contribution in [2.75, 3.05) is 19.0 Å². The van der Waals surface area contributed by atoms with Crippen LogP contribution in [-0.4, -0.2) is 45.1 Å². The molecule has 1 amide bonds. The van der Waals surface area contributed by atoms with E-state index in [-0.39, 0.29) is 17.8 Å². The second-order valence-electron chi connectivity index (χ2n) is 7.52. The number of rotatable bonds is 7. The van der Waals surface area contributed by atoms with Crippen LogP contribution in [0.15, 0.2) is 49.2 Å². The van der Waals surface area contributed by atoms with E-state index in [1.165, 1.54) is 13.3 Å². The van der Waals surface area contributed by atoms with Gasteiger partial charge in [0, 0.05) is 31.9 Å². The van der Waals surface area contributed by atoms with Crippen LogP contribution in [0.4, 0.5) is 19.0 Å². The summed E-state index contributed by atoms with van der Waals surface area (Å²) in [6.45, 7) is 1.03. The maximum atomic E-state index is 13.8. The van der Waals surface area contributed by atoms with Crippen molar-refractivity contribution in [1.82, 2.24) is 24.6 Å². The molecule has 170 valence electrons. The summed E-state index contributed by atoms with van der Waals surface area (Å²) in [4.78, 5) is 16.7. The summed E-state index contributed by atoms with van der Waals surface area (Å²) in [6, 6.07) is 4.34. The molecular formula is C21H23F3N6O2. The van der Waals surface area contributed by atoms with E-state index >= 15 is 0 Å². The summed E-state index contributed by atoms with van der Waals surface area (Å²) in [7, 11) is 1.52. The maximum Gasteiger partial charge on any atom is 0.410 e. The molecule has 0 fully saturated rings. The van der Waals surface area contributed by atoms with Gasteiger partial charge in [0.1, 0.15) is 17.1 Å². The molecule has 8 nitrogen and oxygen atoms in total. The normalized spacial score (nSPS) is 18.0. The molecule has 0 saturated heterocycles. The smallest absolute Gasteiger partial charge is 0.410 e. The zero-order valence-electron chi connectivity index (χ0n) is 17.3. The average Bonchev–Trinajstić information content (AvgIpc) is 3.45. The fourth-order valence-corrected chi connectivity index (χ4v) is 3.76. The number of methoxy groups -OCH3 is 1. The van der Waals surface area contributed by atoms with Crippen LogP contribution in [0.1, 0.15) is 40.8 Å². The third kappa shape index (κ3) is 4.56. The minimum atomic E-state index is -4.51. The zero-order valence-corrected chi connectivity index (χ0v) is 17.3. The lowest BCUT2D eigenvalue weighted by atomic mass is 9.96. The summed E-state index contributed by atoms with van der Waals surface area (Å²) in [5.41, 5.74) is 0.749. The van der Waals surface area contributed by atoms with E-state index in [0.29, 0.717) is 30.8 Å². The van der Waals surface area contributed by atoms with Crippen molar-refractivity contribution in [3.63, 3.8) is 0 Å². The van der Waals surface area contributed by atoms with Crippen LogP contribution >= 0.6 is 0 Å². The number of aromatic nitrogens is 4. The van der Waals surface area contributed by atoms with E-state index in [1.54, 1.807) is 36.8 Å². The predicted octanol–water partition coefficient (Wildman–Crippen LogP) is 3.57. The Morgan fingerprint density at radius 1 is 1.31 bits per heavy atom. The molecule has 11 heteroatoms. The maximum absolute atomic E-state index is 13.8. The molecule has 32 heavy (non-hydrogen) atoms. The van der Waals surface area contributed by atoms with Gasteiger partial charge in [0.25, 0.3) is 5.91 Å². The number of aryl methyl sites for hydroxylation is 1. The number of halogens is 3. The van der Waals surface area contributed by atoms with Crippen molar-refractivity contribution < 1.29 is 22.7 Å². The summed E-state index contributed by atoms with van der Waals surface area (Å²) >= 11 is 0. The Labute approximate surface area is 182 Å². The number of nitrogens with zero attached hydrogens (tertiary/aromatic N) is 4. The fourth-order valence-electron chi connectivity index (χ4n) is 3.76. The summed E-state index contributed by atoms with van der Waals surface area (Å²) < 4.78 is 49.3. The fraction of sp³-hybridized carbons (Fsp3) is 0.381. The average molecular weight is 448 g/mol. The van der Waals surface area contributed by atoms with E-state index < -0.39 is 24.2 Å². The lowest BCUT2D eigenvalue weighted by Gasteiger charge is -2.34. The predicted molar refractivity (Wildman–Crippen MR) is 110 cm³/mol. The third-order valence-electron chi connectivity index (χ3n) is 5.44. The van der Waals surface area contributed by atoms with Gasteiger partial charge in [0.15, 0.2) is 6.04 Å². The van der Waals surface area contributed by atoms with Gasteiger partial charge >= 0.3 is 6.18 Å². The Morgan fingerprint density at radius 3 is 2.75 bits per heavy atom. The number of ether oxygens (including phenoxy) is 1. The Bertz CT molecular complexity index is 1050. The van der Waals surface area contributed by atoms with Crippen LogP contribution in [0.25, 0.3) is 0 Å². The van der Waals surface area contributed by atoms with Gasteiger partial charge in [-0.2, -0.15) is 18.3 Å². The van der Waals surface area contributed by atoms with Crippen molar-refractivity contribution in [3.05, 3.63) is 60.3 Å². The molecule has 3 aromatic rings. The number of alkyl halides is 3. The highest BCUT2D eigenvalue weighted by molar-refractivity contribution is 5.98. The van der Waals surface area contributed by atoms with Gasteiger partial charge in [-0.3, -0.25) is 4.79 Å². The highest BCUT2D eigenvalue weighted by atomic mass is 19.4. The lowest BCUT2D eigenvalue weighted by Crippen LogP contribution is -2.36. The molecule has 2 N–H and O–H groups in total. The van der Waals surface area contributed by atoms with Gasteiger partial charge < -0.3 is 19.9 Å². The molecule has 0 radical (unpaired) electrons. The minimum absolute atomic E-state index is 0.0616. The third-order valence-corrected chi connectivity index (χ3v) is 5.44. The Hall–Kier alpha value is -3.50. The number of imidazole rings is 1. The quantitative estimate of drug-likeness (QED) is 0.540. The van der Waals surface area contributed by atoms with E-state index in [2.05, 4.69) is 20.7 Å². The molecule has 0 bridgehead atoms. The minimum Gasteiger partial charge on any atom is -0.497 e. The molecule has 4 rings (SSSR count). The van der Waals surface area contributed by atoms with Crippen molar-refractivity contribution in [2.45, 2.75) is 37.6 Å². The second-order valence-corrected chi connectivity index (χ2v) is 7.52. The Kier molecular flexibility index (Phi) is 6.06. The van der Waals surface area contributed by atoms with Crippen LogP contribution in [0.2, 0.25) is 0 Å². The first-order chi connectivity index (χ1) is 15.4. The molecule has 2 aromatic heterocycles. The zero-order chi connectivity index (χ0) is 22.7. The molecular weight excluding hydrogens is 425 g/mol. The first kappa shape index (κ1) is 21.7. The molecule has 3 heterocycles. The highest BCUT2D eigenvalue weighted by Gasteiger charge is 2.47. The van der Waals surface area contributed by atoms with Gasteiger partial charge in [0.2, 0.25) is 0 Å². The Balaban J connectivity index is 1.51. The number of hydrogen-bond donors (Lipinski definition) is 2. The van der Waals surface area contributed by atoms with Crippen LogP contribution in [0, 0.1) is 0 Å². The molecule has 0 saturated carbocycles. The van der Waals surface area contributed by atoms with Crippen molar-refractivity contribution in [2.24, 2.45) is 0 Å². The molecule has 1 aromatic carbocycles. The molecule has 0 spiro atoms. The van der Waals surface area contributed by atoms with Crippen LogP contribution in [-0.2, 0) is 6.54 Å². The second kappa shape index (κ2) is 8.93. The SMILES string of the molecule is COc1ccc([C@H]2C[C@H](C(F)(F)F)n3ncc(C(=O)NCCCn4ccnc4)c3N2)cc1. The molecule has 1 aliphatic heterocycles. The van der Waals surface area contributed by atoms with E-state index in [4.69, 9.17) is 4.74 Å². The number of amides is 1. The van der Waals surface area contributed by atoms with Gasteiger partial charge in [-0.1, -0.05) is 12.1 Å². The van der Waals surface area contributed by atoms with Crippen LogP contribution in [0.5, 0.6) is 5.75 Å². The standard InChI is InChI=1S/C21H23F3N6O2/c1-32-15-5-3-14(4-6-15)17-11-18(21(22,23)24)30-19(28-17)16(12-27-30)20(31)26-7-2-9-29-10-8-25-13-29/h3-6,8,10,12-13,17-18,28H,2,7,9,11H2,1H3,(H,26,31)/t17-,18-/m1/s1. The highest BCUT2D eigenvalue weighted by Crippen LogP contribution is 2.44. The largest absolute Gasteiger partial charge is 0.497 e. The number of carbonyl (C=O) groups excluding carboxylic acids is 1. The van der Waals surface area contributed by atoms with Gasteiger partial charge in [-0.15, -0.1) is 0 Å². The molecule has 2 atom stereocenters. The van der Waals surface area contributed by atoms with Crippen molar-refractivity contribution >= 4 is 11.7 Å². The lowest BCUT2D eigenvalue weighted by molar-refractivity contribution is -0.173. The molecule has 0 aliphatic carbocycles.